The van der Waals surface area contributed by atoms with E-state index in [-0.39, 0.29) is 4.90 Å². The first-order valence-corrected chi connectivity index (χ1v) is 8.51. The summed E-state index contributed by atoms with van der Waals surface area (Å²) in [6.07, 6.45) is 5.97. The van der Waals surface area contributed by atoms with Crippen LogP contribution in [-0.4, -0.2) is 19.5 Å². The summed E-state index contributed by atoms with van der Waals surface area (Å²) in [5.41, 5.74) is 6.55. The van der Waals surface area contributed by atoms with Crippen LogP contribution >= 0.6 is 0 Å². The third-order valence-electron chi connectivity index (χ3n) is 3.61. The van der Waals surface area contributed by atoms with Crippen LogP contribution in [0.15, 0.2) is 40.0 Å². The average molecular weight is 309 g/mol. The summed E-state index contributed by atoms with van der Waals surface area (Å²) in [7, 11) is -3.50. The van der Waals surface area contributed by atoms with Crippen LogP contribution in [0.5, 0.6) is 0 Å². The third-order valence-corrected chi connectivity index (χ3v) is 5.04. The van der Waals surface area contributed by atoms with Crippen LogP contribution < -0.4 is 10.5 Å². The van der Waals surface area contributed by atoms with Gasteiger partial charge in [0.25, 0.3) is 0 Å². The molecule has 0 atom stereocenters. The molecule has 3 N–H and O–H groups in total. The maximum absolute atomic E-state index is 12.3. The van der Waals surface area contributed by atoms with Crippen molar-refractivity contribution in [1.82, 2.24) is 9.29 Å². The van der Waals surface area contributed by atoms with Crippen molar-refractivity contribution in [2.45, 2.75) is 36.7 Å². The molecular weight excluding hydrogens is 290 g/mol. The molecule has 114 valence electrons. The predicted octanol–water partition coefficient (Wildman–Crippen LogP) is 1.40. The van der Waals surface area contributed by atoms with Gasteiger partial charge >= 0.3 is 0 Å². The second-order valence-corrected chi connectivity index (χ2v) is 7.00. The predicted molar refractivity (Wildman–Crippen MR) is 78.2 cm³/mol. The maximum Gasteiger partial charge on any atom is 0.242 e. The minimum Gasteiger partial charge on any atom is -0.469 e. The van der Waals surface area contributed by atoms with E-state index in [1.165, 1.54) is 0 Å². The van der Waals surface area contributed by atoms with Gasteiger partial charge in [0.2, 0.25) is 10.0 Å². The average Bonchev–Trinajstić information content (AvgIpc) is 3.00. The molecule has 2 aromatic rings. The van der Waals surface area contributed by atoms with Crippen LogP contribution in [0.1, 0.15) is 30.3 Å². The summed E-state index contributed by atoms with van der Waals surface area (Å²) < 4.78 is 34.3. The molecule has 0 saturated heterocycles. The van der Waals surface area contributed by atoms with Crippen molar-refractivity contribution in [2.75, 3.05) is 6.54 Å². The molecule has 6 nitrogen and oxygen atoms in total. The summed E-state index contributed by atoms with van der Waals surface area (Å²) in [5, 5.41) is 0. The largest absolute Gasteiger partial charge is 0.469 e. The molecule has 3 rings (SSSR count). The number of nitrogens with zero attached hydrogens (tertiary/aromatic N) is 1. The number of hydrogen-bond acceptors (Lipinski definition) is 4. The Balaban J connectivity index is 1.69. The van der Waals surface area contributed by atoms with Gasteiger partial charge in [-0.15, -0.1) is 0 Å². The van der Waals surface area contributed by atoms with Crippen molar-refractivity contribution in [1.29, 1.82) is 0 Å². The summed E-state index contributed by atoms with van der Waals surface area (Å²) in [5.74, 6) is 0.760. The van der Waals surface area contributed by atoms with Crippen molar-refractivity contribution in [2.24, 2.45) is 5.73 Å². The lowest BCUT2D eigenvalue weighted by molar-refractivity contribution is 0.506. The molecule has 0 aromatic carbocycles. The van der Waals surface area contributed by atoms with Crippen molar-refractivity contribution in [3.05, 3.63) is 42.1 Å². The molecule has 0 unspecified atom stereocenters. The Morgan fingerprint density at radius 2 is 2.24 bits per heavy atom. The second-order valence-electron chi connectivity index (χ2n) is 5.24. The van der Waals surface area contributed by atoms with Gasteiger partial charge in [0, 0.05) is 37.4 Å². The Labute approximate surface area is 124 Å². The van der Waals surface area contributed by atoms with E-state index in [2.05, 4.69) is 4.72 Å². The fourth-order valence-corrected chi connectivity index (χ4v) is 3.43. The molecular formula is C14H19N3O3S. The van der Waals surface area contributed by atoms with Crippen LogP contribution in [0.2, 0.25) is 0 Å². The van der Waals surface area contributed by atoms with E-state index >= 15 is 0 Å². The number of rotatable bonds is 7. The highest BCUT2D eigenvalue weighted by atomic mass is 32.2. The monoisotopic (exact) mass is 309 g/mol. The van der Waals surface area contributed by atoms with Crippen LogP contribution in [0, 0.1) is 0 Å². The molecule has 1 aliphatic carbocycles. The Kier molecular flexibility index (Phi) is 3.88. The van der Waals surface area contributed by atoms with E-state index in [1.807, 2.05) is 10.6 Å². The molecule has 2 heterocycles. The molecule has 1 aliphatic rings. The number of furan rings is 1. The second kappa shape index (κ2) is 5.67. The number of hydrogen-bond donors (Lipinski definition) is 2. The zero-order chi connectivity index (χ0) is 14.9. The van der Waals surface area contributed by atoms with Gasteiger partial charge in [-0.25, -0.2) is 13.1 Å². The van der Waals surface area contributed by atoms with Crippen molar-refractivity contribution in [3.8, 4) is 0 Å². The fourth-order valence-electron chi connectivity index (χ4n) is 2.35. The summed E-state index contributed by atoms with van der Waals surface area (Å²) >= 11 is 0. The first-order valence-electron chi connectivity index (χ1n) is 7.03. The van der Waals surface area contributed by atoms with Crippen LogP contribution in [0.4, 0.5) is 0 Å². The topological polar surface area (TPSA) is 90.3 Å². The van der Waals surface area contributed by atoms with Gasteiger partial charge in [-0.2, -0.15) is 0 Å². The molecule has 1 fully saturated rings. The standard InChI is InChI=1S/C14H19N3O3S/c15-9-12-8-14(10-17(12)11-3-4-11)21(18,19)16-6-5-13-2-1-7-20-13/h1-2,7-8,10-11,16H,3-6,9,15H2. The number of sulfonamides is 1. The Bertz CT molecular complexity index is 700. The summed E-state index contributed by atoms with van der Waals surface area (Å²) in [6.45, 7) is 0.654. The van der Waals surface area contributed by atoms with Gasteiger partial charge < -0.3 is 14.7 Å². The lowest BCUT2D eigenvalue weighted by Gasteiger charge is -2.04. The van der Waals surface area contributed by atoms with Gasteiger partial charge in [0.1, 0.15) is 5.76 Å². The number of aromatic nitrogens is 1. The molecule has 21 heavy (non-hydrogen) atoms. The molecule has 0 amide bonds. The highest BCUT2D eigenvalue weighted by molar-refractivity contribution is 7.89. The molecule has 0 spiro atoms. The highest BCUT2D eigenvalue weighted by Crippen LogP contribution is 2.37. The van der Waals surface area contributed by atoms with Gasteiger partial charge in [0.15, 0.2) is 0 Å². The van der Waals surface area contributed by atoms with E-state index in [0.717, 1.165) is 24.3 Å². The van der Waals surface area contributed by atoms with E-state index in [1.54, 1.807) is 24.6 Å². The molecule has 0 aliphatic heterocycles. The van der Waals surface area contributed by atoms with Gasteiger partial charge in [0.05, 0.1) is 11.2 Å². The minimum absolute atomic E-state index is 0.286. The lowest BCUT2D eigenvalue weighted by atomic mass is 10.3. The Hall–Kier alpha value is -1.57. The Morgan fingerprint density at radius 1 is 1.43 bits per heavy atom. The number of nitrogens with one attached hydrogen (secondary N) is 1. The van der Waals surface area contributed by atoms with E-state index in [0.29, 0.717) is 25.6 Å². The van der Waals surface area contributed by atoms with E-state index in [4.69, 9.17) is 10.2 Å². The van der Waals surface area contributed by atoms with Crippen LogP contribution in [0.3, 0.4) is 0 Å². The quantitative estimate of drug-likeness (QED) is 0.809. The van der Waals surface area contributed by atoms with Gasteiger partial charge in [-0.1, -0.05) is 0 Å². The van der Waals surface area contributed by atoms with Crippen molar-refractivity contribution < 1.29 is 12.8 Å². The smallest absolute Gasteiger partial charge is 0.242 e. The van der Waals surface area contributed by atoms with Crippen LogP contribution in [0.25, 0.3) is 0 Å². The van der Waals surface area contributed by atoms with Gasteiger partial charge in [-0.05, 0) is 31.0 Å². The first-order chi connectivity index (χ1) is 10.1. The Morgan fingerprint density at radius 3 is 2.86 bits per heavy atom. The first kappa shape index (κ1) is 14.4. The maximum atomic E-state index is 12.3. The molecule has 1 saturated carbocycles. The van der Waals surface area contributed by atoms with Crippen molar-refractivity contribution in [3.63, 3.8) is 0 Å². The molecule has 7 heteroatoms. The fraction of sp³-hybridized carbons (Fsp3) is 0.429. The lowest BCUT2D eigenvalue weighted by Crippen LogP contribution is -2.25. The zero-order valence-corrected chi connectivity index (χ0v) is 12.5. The molecule has 0 bridgehead atoms. The normalized spacial score (nSPS) is 15.5. The minimum atomic E-state index is -3.50. The van der Waals surface area contributed by atoms with Crippen molar-refractivity contribution >= 4 is 10.0 Å². The SMILES string of the molecule is NCc1cc(S(=O)(=O)NCCc2ccco2)cn1C1CC1. The molecule has 0 radical (unpaired) electrons. The zero-order valence-electron chi connectivity index (χ0n) is 11.7. The number of nitrogens with two attached hydrogens (primary N) is 1. The van der Waals surface area contributed by atoms with Crippen LogP contribution in [-0.2, 0) is 23.0 Å². The van der Waals surface area contributed by atoms with E-state index in [9.17, 15) is 8.42 Å². The molecule has 2 aromatic heterocycles. The summed E-state index contributed by atoms with van der Waals surface area (Å²) in [4.78, 5) is 0.286. The summed E-state index contributed by atoms with van der Waals surface area (Å²) in [6, 6.07) is 5.68. The van der Waals surface area contributed by atoms with Gasteiger partial charge in [-0.3, -0.25) is 0 Å². The van der Waals surface area contributed by atoms with E-state index < -0.39 is 10.0 Å². The third kappa shape index (κ3) is 3.20. The highest BCUT2D eigenvalue weighted by Gasteiger charge is 2.27.